The van der Waals surface area contributed by atoms with Gasteiger partial charge in [0.1, 0.15) is 12.6 Å². The highest BCUT2D eigenvalue weighted by Gasteiger charge is 2.42. The monoisotopic (exact) mass is 342 g/mol. The van der Waals surface area contributed by atoms with Gasteiger partial charge in [0.25, 0.3) is 0 Å². The van der Waals surface area contributed by atoms with E-state index in [2.05, 4.69) is 22.1 Å². The van der Waals surface area contributed by atoms with Crippen LogP contribution < -0.4 is 15.1 Å². The molecule has 1 aromatic rings. The van der Waals surface area contributed by atoms with E-state index in [4.69, 9.17) is 0 Å². The van der Waals surface area contributed by atoms with Crippen molar-refractivity contribution in [2.45, 2.75) is 57.5 Å². The average molecular weight is 342 g/mol. The second kappa shape index (κ2) is 6.65. The van der Waals surface area contributed by atoms with Crippen LogP contribution in [0.5, 0.6) is 0 Å². The molecule has 0 bridgehead atoms. The molecule has 1 aromatic heterocycles. The lowest BCUT2D eigenvalue weighted by Crippen LogP contribution is -2.54. The zero-order valence-corrected chi connectivity index (χ0v) is 14.8. The fourth-order valence-corrected chi connectivity index (χ4v) is 4.49. The molecule has 2 amide bonds. The van der Waals surface area contributed by atoms with Gasteiger partial charge in [-0.3, -0.25) is 14.5 Å². The Balaban J connectivity index is 1.52. The molecule has 2 fully saturated rings. The van der Waals surface area contributed by atoms with E-state index < -0.39 is 0 Å². The number of aromatic nitrogens is 1. The second-order valence-corrected chi connectivity index (χ2v) is 7.56. The Morgan fingerprint density at radius 3 is 2.96 bits per heavy atom. The first-order chi connectivity index (χ1) is 12.1. The third-order valence-electron chi connectivity index (χ3n) is 5.89. The molecule has 0 radical (unpaired) electrons. The van der Waals surface area contributed by atoms with E-state index in [0.29, 0.717) is 5.92 Å². The maximum Gasteiger partial charge on any atom is 0.250 e. The number of carbonyl (C=O) groups is 2. The Labute approximate surface area is 148 Å². The summed E-state index contributed by atoms with van der Waals surface area (Å²) in [5.74, 6) is 1.32. The molecule has 3 aliphatic rings. The number of hydrogen-bond acceptors (Lipinski definition) is 4. The zero-order chi connectivity index (χ0) is 17.4. The van der Waals surface area contributed by atoms with Gasteiger partial charge in [-0.05, 0) is 43.7 Å². The highest BCUT2D eigenvalue weighted by molar-refractivity contribution is 6.08. The number of amides is 2. The number of pyridine rings is 1. The minimum atomic E-state index is -0.163. The highest BCUT2D eigenvalue weighted by Crippen LogP contribution is 2.38. The lowest BCUT2D eigenvalue weighted by molar-refractivity contribution is -0.125. The van der Waals surface area contributed by atoms with Crippen LogP contribution in [0.3, 0.4) is 0 Å². The molecule has 1 saturated carbocycles. The summed E-state index contributed by atoms with van der Waals surface area (Å²) in [5.41, 5.74) is 0.762. The van der Waals surface area contributed by atoms with Gasteiger partial charge in [0.05, 0.1) is 5.69 Å². The van der Waals surface area contributed by atoms with Crippen molar-refractivity contribution in [2.75, 3.05) is 22.9 Å². The van der Waals surface area contributed by atoms with Crippen LogP contribution in [0.4, 0.5) is 11.5 Å². The van der Waals surface area contributed by atoms with E-state index >= 15 is 0 Å². The van der Waals surface area contributed by atoms with Crippen molar-refractivity contribution in [1.82, 2.24) is 10.3 Å². The molecule has 0 aromatic carbocycles. The number of rotatable bonds is 3. The molecule has 3 atom stereocenters. The summed E-state index contributed by atoms with van der Waals surface area (Å²) in [6.07, 6.45) is 8.20. The van der Waals surface area contributed by atoms with Crippen molar-refractivity contribution in [3.8, 4) is 0 Å². The fraction of sp³-hybridized carbons (Fsp3) is 0.632. The van der Waals surface area contributed by atoms with Crippen LogP contribution >= 0.6 is 0 Å². The van der Waals surface area contributed by atoms with Gasteiger partial charge in [0.15, 0.2) is 5.82 Å². The van der Waals surface area contributed by atoms with Gasteiger partial charge in [-0.2, -0.15) is 0 Å². The summed E-state index contributed by atoms with van der Waals surface area (Å²) in [4.78, 5) is 33.8. The Kier molecular flexibility index (Phi) is 4.36. The third-order valence-corrected chi connectivity index (χ3v) is 5.89. The predicted molar refractivity (Wildman–Crippen MR) is 96.5 cm³/mol. The summed E-state index contributed by atoms with van der Waals surface area (Å²) in [6, 6.07) is 3.79. The number of fused-ring (bicyclic) bond motifs is 3. The van der Waals surface area contributed by atoms with Gasteiger partial charge >= 0.3 is 0 Å². The van der Waals surface area contributed by atoms with Crippen molar-refractivity contribution < 1.29 is 9.59 Å². The quantitative estimate of drug-likeness (QED) is 0.913. The Morgan fingerprint density at radius 1 is 1.28 bits per heavy atom. The number of hydrogen-bond donors (Lipinski definition) is 1. The topological polar surface area (TPSA) is 65.5 Å². The maximum absolute atomic E-state index is 12.9. The van der Waals surface area contributed by atoms with Crippen LogP contribution in [-0.2, 0) is 9.59 Å². The van der Waals surface area contributed by atoms with Crippen LogP contribution in [-0.4, -0.2) is 42.0 Å². The predicted octanol–water partition coefficient (Wildman–Crippen LogP) is 2.09. The van der Waals surface area contributed by atoms with Crippen molar-refractivity contribution in [1.29, 1.82) is 0 Å². The van der Waals surface area contributed by atoms with Crippen LogP contribution in [0.15, 0.2) is 18.3 Å². The van der Waals surface area contributed by atoms with Crippen molar-refractivity contribution in [3.05, 3.63) is 18.3 Å². The summed E-state index contributed by atoms with van der Waals surface area (Å²) >= 11 is 0. The molecule has 25 heavy (non-hydrogen) atoms. The van der Waals surface area contributed by atoms with E-state index in [1.807, 2.05) is 12.1 Å². The minimum Gasteiger partial charge on any atom is -0.352 e. The highest BCUT2D eigenvalue weighted by atomic mass is 16.2. The molecular weight excluding hydrogens is 316 g/mol. The van der Waals surface area contributed by atoms with E-state index in [-0.39, 0.29) is 30.4 Å². The lowest BCUT2D eigenvalue weighted by Gasteiger charge is -2.38. The molecule has 1 N–H and O–H groups in total. The second-order valence-electron chi connectivity index (χ2n) is 7.56. The third kappa shape index (κ3) is 2.98. The van der Waals surface area contributed by atoms with Crippen molar-refractivity contribution >= 4 is 23.3 Å². The molecule has 3 heterocycles. The van der Waals surface area contributed by atoms with E-state index in [1.165, 1.54) is 12.8 Å². The number of nitrogens with one attached hydrogen (secondary N) is 1. The first-order valence-corrected chi connectivity index (χ1v) is 9.47. The summed E-state index contributed by atoms with van der Waals surface area (Å²) in [7, 11) is 0. The van der Waals surface area contributed by atoms with Gasteiger partial charge in [0, 0.05) is 18.8 Å². The lowest BCUT2D eigenvalue weighted by atomic mass is 9.86. The maximum atomic E-state index is 12.9. The molecule has 1 saturated heterocycles. The Morgan fingerprint density at radius 2 is 2.12 bits per heavy atom. The summed E-state index contributed by atoms with van der Waals surface area (Å²) in [6.45, 7) is 3.15. The molecular formula is C19H26N4O2. The first kappa shape index (κ1) is 16.4. The van der Waals surface area contributed by atoms with Gasteiger partial charge < -0.3 is 10.2 Å². The summed E-state index contributed by atoms with van der Waals surface area (Å²) in [5, 5.41) is 3.16. The van der Waals surface area contributed by atoms with Crippen LogP contribution in [0, 0.1) is 5.92 Å². The van der Waals surface area contributed by atoms with Gasteiger partial charge in [-0.15, -0.1) is 0 Å². The molecule has 6 heteroatoms. The number of nitrogens with zero attached hydrogens (tertiary/aromatic N) is 3. The van der Waals surface area contributed by atoms with Gasteiger partial charge in [-0.25, -0.2) is 4.98 Å². The molecule has 2 aliphatic heterocycles. The normalized spacial score (nSPS) is 28.5. The fourth-order valence-electron chi connectivity index (χ4n) is 4.49. The molecule has 6 nitrogen and oxygen atoms in total. The SMILES string of the molecule is C[C@@H]1CCCC[C@H]1NC(=O)CN1C(=O)[C@H]2CCCN2c2ncccc21. The number of carbonyl (C=O) groups excluding carboxylic acids is 2. The van der Waals surface area contributed by atoms with Gasteiger partial charge in [-0.1, -0.05) is 19.8 Å². The summed E-state index contributed by atoms with van der Waals surface area (Å²) < 4.78 is 0. The molecule has 1 aliphatic carbocycles. The van der Waals surface area contributed by atoms with Crippen molar-refractivity contribution in [2.24, 2.45) is 5.92 Å². The van der Waals surface area contributed by atoms with Crippen LogP contribution in [0.2, 0.25) is 0 Å². The number of anilines is 2. The van der Waals surface area contributed by atoms with Crippen molar-refractivity contribution in [3.63, 3.8) is 0 Å². The molecule has 134 valence electrons. The smallest absolute Gasteiger partial charge is 0.250 e. The van der Waals surface area contributed by atoms with E-state index in [0.717, 1.165) is 43.7 Å². The molecule has 0 unspecified atom stereocenters. The minimum absolute atomic E-state index is 0.0323. The van der Waals surface area contributed by atoms with Crippen LogP contribution in [0.1, 0.15) is 45.4 Å². The Hall–Kier alpha value is -2.11. The zero-order valence-electron chi connectivity index (χ0n) is 14.8. The Bertz CT molecular complexity index is 677. The van der Waals surface area contributed by atoms with E-state index in [9.17, 15) is 9.59 Å². The average Bonchev–Trinajstić information content (AvgIpc) is 3.11. The molecule has 0 spiro atoms. The molecule has 4 rings (SSSR count). The largest absolute Gasteiger partial charge is 0.352 e. The van der Waals surface area contributed by atoms with Gasteiger partial charge in [0.2, 0.25) is 11.8 Å². The van der Waals surface area contributed by atoms with Crippen LogP contribution in [0.25, 0.3) is 0 Å². The standard InChI is InChI=1S/C19H26N4O2/c1-13-6-2-3-7-14(13)21-17(24)12-23-15-8-4-10-20-18(15)22-11-5-9-16(22)19(23)25/h4,8,10,13-14,16H,2-3,5-7,9,11-12H2,1H3,(H,21,24)/t13-,14-,16-/m1/s1. The van der Waals surface area contributed by atoms with E-state index in [1.54, 1.807) is 11.1 Å². The first-order valence-electron chi connectivity index (χ1n) is 9.47.